The van der Waals surface area contributed by atoms with Gasteiger partial charge in [-0.3, -0.25) is 14.5 Å². The highest BCUT2D eigenvalue weighted by atomic mass is 79.9. The molecule has 7 heteroatoms. The Morgan fingerprint density at radius 2 is 1.94 bits per heavy atom. The number of thiophene rings is 1. The van der Waals surface area contributed by atoms with E-state index >= 15 is 0 Å². The number of anilines is 1. The molecule has 1 unspecified atom stereocenters. The summed E-state index contributed by atoms with van der Waals surface area (Å²) in [5.74, 6) is -0.488. The molecule has 3 heterocycles. The number of hydrogen-bond acceptors (Lipinski definition) is 5. The van der Waals surface area contributed by atoms with Crippen LogP contribution in [0.2, 0.25) is 0 Å². The Labute approximate surface area is 203 Å². The number of halogens is 1. The van der Waals surface area contributed by atoms with Gasteiger partial charge in [0.1, 0.15) is 16.6 Å². The van der Waals surface area contributed by atoms with Gasteiger partial charge in [0, 0.05) is 30.1 Å². The number of imide groups is 1. The van der Waals surface area contributed by atoms with Crippen LogP contribution in [-0.2, 0) is 9.59 Å². The minimum atomic E-state index is -0.455. The molecule has 0 N–H and O–H groups in total. The number of carbonyl (C=O) groups is 2. The zero-order valence-corrected chi connectivity index (χ0v) is 21.6. The van der Waals surface area contributed by atoms with Crippen LogP contribution in [0.4, 0.5) is 5.00 Å². The van der Waals surface area contributed by atoms with Crippen molar-refractivity contribution in [1.29, 1.82) is 5.26 Å². The van der Waals surface area contributed by atoms with Gasteiger partial charge in [0.05, 0.1) is 4.47 Å². The third kappa shape index (κ3) is 5.35. The SMILES string of the molecule is CCCCC(CC)CN1C(=O)C(C#N)=C(C)/C(=C\c2cc(Br)c(N3CCCCC3)s2)C1=O. The van der Waals surface area contributed by atoms with Gasteiger partial charge in [-0.15, -0.1) is 11.3 Å². The van der Waals surface area contributed by atoms with E-state index in [0.29, 0.717) is 17.7 Å². The summed E-state index contributed by atoms with van der Waals surface area (Å²) < 4.78 is 1.03. The van der Waals surface area contributed by atoms with Crippen LogP contribution in [0.5, 0.6) is 0 Å². The normalized spacial score (nSPS) is 19.7. The first kappa shape index (κ1) is 24.7. The molecule has 2 aliphatic heterocycles. The summed E-state index contributed by atoms with van der Waals surface area (Å²) in [7, 11) is 0. The topological polar surface area (TPSA) is 64.4 Å². The Bertz CT molecular complexity index is 966. The summed E-state index contributed by atoms with van der Waals surface area (Å²) in [6.07, 6.45) is 9.54. The molecule has 1 saturated heterocycles. The number of carbonyl (C=O) groups excluding carboxylic acids is 2. The zero-order valence-electron chi connectivity index (χ0n) is 19.2. The lowest BCUT2D eigenvalue weighted by atomic mass is 9.92. The average molecular weight is 519 g/mol. The lowest BCUT2D eigenvalue weighted by Crippen LogP contribution is -2.45. The maximum atomic E-state index is 13.4. The van der Waals surface area contributed by atoms with Crippen LogP contribution in [0.1, 0.15) is 70.6 Å². The van der Waals surface area contributed by atoms with Crippen molar-refractivity contribution >= 4 is 50.2 Å². The Hall–Kier alpha value is -1.91. The van der Waals surface area contributed by atoms with Crippen molar-refractivity contribution in [3.8, 4) is 6.07 Å². The monoisotopic (exact) mass is 517 g/mol. The molecule has 1 fully saturated rings. The highest BCUT2D eigenvalue weighted by Crippen LogP contribution is 2.39. The maximum absolute atomic E-state index is 13.4. The fourth-order valence-corrected chi connectivity index (χ4v) is 6.31. The van der Waals surface area contributed by atoms with Gasteiger partial charge in [-0.05, 0) is 72.2 Å². The van der Waals surface area contributed by atoms with Gasteiger partial charge in [0.15, 0.2) is 0 Å². The lowest BCUT2D eigenvalue weighted by molar-refractivity contribution is -0.141. The maximum Gasteiger partial charge on any atom is 0.271 e. The fraction of sp³-hybridized carbons (Fsp3) is 0.560. The number of nitriles is 1. The number of hydrogen-bond donors (Lipinski definition) is 0. The lowest BCUT2D eigenvalue weighted by Gasteiger charge is -2.30. The second-order valence-electron chi connectivity index (χ2n) is 8.66. The van der Waals surface area contributed by atoms with Crippen LogP contribution >= 0.6 is 27.3 Å². The van der Waals surface area contributed by atoms with E-state index in [2.05, 4.69) is 40.7 Å². The molecule has 0 saturated carbocycles. The molecule has 2 amide bonds. The molecule has 1 aromatic heterocycles. The van der Waals surface area contributed by atoms with Gasteiger partial charge >= 0.3 is 0 Å². The largest absolute Gasteiger partial charge is 0.363 e. The highest BCUT2D eigenvalue weighted by Gasteiger charge is 2.36. The van der Waals surface area contributed by atoms with Crippen molar-refractivity contribution < 1.29 is 9.59 Å². The smallest absolute Gasteiger partial charge is 0.271 e. The average Bonchev–Trinajstić information content (AvgIpc) is 3.17. The second kappa shape index (κ2) is 11.3. The van der Waals surface area contributed by atoms with Crippen LogP contribution in [0.25, 0.3) is 6.08 Å². The summed E-state index contributed by atoms with van der Waals surface area (Å²) in [6, 6.07) is 4.09. The number of unbranched alkanes of at least 4 members (excludes halogenated alkanes) is 1. The standard InChI is InChI=1S/C25H32BrN3O2S/c1-4-6-10-18(5-2)16-29-23(30)20(17(3)21(15-27)24(29)31)13-19-14-22(26)25(32-19)28-11-8-7-9-12-28/h13-14,18H,4-12,16H2,1-3H3/b20-13+. The molecule has 2 aliphatic rings. The predicted molar refractivity (Wildman–Crippen MR) is 134 cm³/mol. The summed E-state index contributed by atoms with van der Waals surface area (Å²) in [5, 5.41) is 10.8. The van der Waals surface area contributed by atoms with Crippen LogP contribution < -0.4 is 4.90 Å². The van der Waals surface area contributed by atoms with Crippen LogP contribution in [0.3, 0.4) is 0 Å². The molecular formula is C25H32BrN3O2S. The molecule has 5 nitrogen and oxygen atoms in total. The minimum absolute atomic E-state index is 0.0769. The quantitative estimate of drug-likeness (QED) is 0.299. The van der Waals surface area contributed by atoms with E-state index in [1.807, 2.05) is 12.1 Å². The number of nitrogens with zero attached hydrogens (tertiary/aromatic N) is 3. The van der Waals surface area contributed by atoms with Gasteiger partial charge in [-0.25, -0.2) is 0 Å². The van der Waals surface area contributed by atoms with Crippen LogP contribution in [-0.4, -0.2) is 36.3 Å². The van der Waals surface area contributed by atoms with Crippen molar-refractivity contribution in [1.82, 2.24) is 4.90 Å². The summed E-state index contributed by atoms with van der Waals surface area (Å²) in [4.78, 5) is 31.0. The summed E-state index contributed by atoms with van der Waals surface area (Å²) in [6.45, 7) is 8.40. The first-order valence-corrected chi connectivity index (χ1v) is 13.3. The van der Waals surface area contributed by atoms with Crippen molar-refractivity contribution in [3.63, 3.8) is 0 Å². The van der Waals surface area contributed by atoms with Gasteiger partial charge in [-0.2, -0.15) is 5.26 Å². The van der Waals surface area contributed by atoms with Crippen molar-refractivity contribution in [2.24, 2.45) is 5.92 Å². The Balaban J connectivity index is 1.93. The fourth-order valence-electron chi connectivity index (χ4n) is 4.37. The second-order valence-corrected chi connectivity index (χ2v) is 10.6. The molecule has 0 spiro atoms. The molecule has 3 rings (SSSR count). The van der Waals surface area contributed by atoms with E-state index in [9.17, 15) is 14.9 Å². The van der Waals surface area contributed by atoms with Gasteiger partial charge in [0.2, 0.25) is 0 Å². The Kier molecular flexibility index (Phi) is 8.72. The van der Waals surface area contributed by atoms with Crippen LogP contribution in [0, 0.1) is 17.2 Å². The van der Waals surface area contributed by atoms with Crippen molar-refractivity contribution in [2.45, 2.75) is 65.7 Å². The van der Waals surface area contributed by atoms with E-state index in [-0.39, 0.29) is 17.4 Å². The van der Waals surface area contributed by atoms with Gasteiger partial charge < -0.3 is 4.90 Å². The van der Waals surface area contributed by atoms with Crippen molar-refractivity contribution in [3.05, 3.63) is 32.1 Å². The van der Waals surface area contributed by atoms with Gasteiger partial charge in [0.25, 0.3) is 11.8 Å². The summed E-state index contributed by atoms with van der Waals surface area (Å²) >= 11 is 5.33. The van der Waals surface area contributed by atoms with E-state index in [1.165, 1.54) is 29.2 Å². The van der Waals surface area contributed by atoms with E-state index in [0.717, 1.165) is 48.1 Å². The first-order chi connectivity index (χ1) is 15.4. The first-order valence-electron chi connectivity index (χ1n) is 11.6. The van der Waals surface area contributed by atoms with Crippen LogP contribution in [0.15, 0.2) is 27.3 Å². The molecule has 0 radical (unpaired) electrons. The molecule has 0 aromatic carbocycles. The Morgan fingerprint density at radius 1 is 1.22 bits per heavy atom. The molecular weight excluding hydrogens is 486 g/mol. The summed E-state index contributed by atoms with van der Waals surface area (Å²) in [5.41, 5.74) is 1.00. The van der Waals surface area contributed by atoms with Gasteiger partial charge in [-0.1, -0.05) is 33.1 Å². The Morgan fingerprint density at radius 3 is 2.56 bits per heavy atom. The zero-order chi connectivity index (χ0) is 23.3. The third-order valence-corrected chi connectivity index (χ3v) is 8.44. The molecule has 172 valence electrons. The third-order valence-electron chi connectivity index (χ3n) is 6.43. The number of amides is 2. The molecule has 1 aromatic rings. The molecule has 0 aliphatic carbocycles. The minimum Gasteiger partial charge on any atom is -0.363 e. The number of rotatable bonds is 8. The molecule has 0 bridgehead atoms. The van der Waals surface area contributed by atoms with E-state index in [4.69, 9.17) is 0 Å². The number of piperidine rings is 1. The van der Waals surface area contributed by atoms with E-state index in [1.54, 1.807) is 18.3 Å². The molecule has 1 atom stereocenters. The predicted octanol–water partition coefficient (Wildman–Crippen LogP) is 6.31. The highest BCUT2D eigenvalue weighted by molar-refractivity contribution is 9.10. The van der Waals surface area contributed by atoms with E-state index < -0.39 is 5.91 Å². The molecule has 32 heavy (non-hydrogen) atoms. The van der Waals surface area contributed by atoms with Crippen molar-refractivity contribution in [2.75, 3.05) is 24.5 Å².